The Morgan fingerprint density at radius 1 is 1.05 bits per heavy atom. The van der Waals surface area contributed by atoms with Gasteiger partial charge in [0.15, 0.2) is 0 Å². The number of rotatable bonds is 6. The van der Waals surface area contributed by atoms with Crippen LogP contribution in [0.4, 0.5) is 0 Å². The standard InChI is InChI=1S/C18H30N2O/c1-13(2)20(14(3)4)18(21)16(6)19(7)12-17-11-9-8-10-15(17)5/h8-11,13-14,16H,12H2,1-7H3/t16-/m1/s1. The van der Waals surface area contributed by atoms with Crippen LogP contribution in [0.2, 0.25) is 0 Å². The quantitative estimate of drug-likeness (QED) is 0.801. The van der Waals surface area contributed by atoms with Crippen LogP contribution in [0.3, 0.4) is 0 Å². The third-order valence-electron chi connectivity index (χ3n) is 4.07. The van der Waals surface area contributed by atoms with Gasteiger partial charge in [0.2, 0.25) is 5.91 Å². The second kappa shape index (κ2) is 7.60. The molecule has 118 valence electrons. The zero-order valence-corrected chi connectivity index (χ0v) is 14.6. The van der Waals surface area contributed by atoms with E-state index in [2.05, 4.69) is 57.7 Å². The van der Waals surface area contributed by atoms with E-state index in [1.165, 1.54) is 11.1 Å². The number of benzene rings is 1. The van der Waals surface area contributed by atoms with Gasteiger partial charge in [-0.2, -0.15) is 0 Å². The van der Waals surface area contributed by atoms with Crippen molar-refractivity contribution in [3.8, 4) is 0 Å². The maximum atomic E-state index is 12.7. The van der Waals surface area contributed by atoms with Crippen molar-refractivity contribution in [2.24, 2.45) is 0 Å². The lowest BCUT2D eigenvalue weighted by atomic mass is 10.1. The van der Waals surface area contributed by atoms with Crippen molar-refractivity contribution in [1.29, 1.82) is 0 Å². The van der Waals surface area contributed by atoms with Crippen LogP contribution in [-0.2, 0) is 11.3 Å². The Morgan fingerprint density at radius 3 is 2.05 bits per heavy atom. The van der Waals surface area contributed by atoms with Gasteiger partial charge >= 0.3 is 0 Å². The average molecular weight is 290 g/mol. The van der Waals surface area contributed by atoms with Crippen molar-refractivity contribution in [1.82, 2.24) is 9.80 Å². The van der Waals surface area contributed by atoms with E-state index in [1.807, 2.05) is 24.9 Å². The number of aryl methyl sites for hydroxylation is 1. The number of hydrogen-bond donors (Lipinski definition) is 0. The fourth-order valence-electron chi connectivity index (χ4n) is 2.70. The summed E-state index contributed by atoms with van der Waals surface area (Å²) in [5.41, 5.74) is 2.55. The normalized spacial score (nSPS) is 13.0. The molecule has 0 saturated heterocycles. The third kappa shape index (κ3) is 4.57. The second-order valence-corrected chi connectivity index (χ2v) is 6.45. The van der Waals surface area contributed by atoms with Gasteiger partial charge in [0, 0.05) is 18.6 Å². The first-order valence-corrected chi connectivity index (χ1v) is 7.82. The predicted octanol–water partition coefficient (Wildman–Crippen LogP) is 3.46. The molecular weight excluding hydrogens is 260 g/mol. The van der Waals surface area contributed by atoms with Crippen molar-refractivity contribution < 1.29 is 4.79 Å². The lowest BCUT2D eigenvalue weighted by molar-refractivity contribution is -0.139. The first-order valence-electron chi connectivity index (χ1n) is 7.82. The molecule has 1 aromatic carbocycles. The summed E-state index contributed by atoms with van der Waals surface area (Å²) >= 11 is 0. The van der Waals surface area contributed by atoms with Crippen LogP contribution >= 0.6 is 0 Å². The summed E-state index contributed by atoms with van der Waals surface area (Å²) in [6.07, 6.45) is 0. The first-order chi connectivity index (χ1) is 9.75. The zero-order chi connectivity index (χ0) is 16.2. The molecule has 0 aliphatic rings. The highest BCUT2D eigenvalue weighted by Crippen LogP contribution is 2.15. The fraction of sp³-hybridized carbons (Fsp3) is 0.611. The molecule has 1 rings (SSSR count). The largest absolute Gasteiger partial charge is 0.336 e. The highest BCUT2D eigenvalue weighted by Gasteiger charge is 2.27. The number of carbonyl (C=O) groups is 1. The number of likely N-dealkylation sites (N-methyl/N-ethyl adjacent to an activating group) is 1. The highest BCUT2D eigenvalue weighted by atomic mass is 16.2. The topological polar surface area (TPSA) is 23.6 Å². The summed E-state index contributed by atoms with van der Waals surface area (Å²) in [7, 11) is 2.02. The summed E-state index contributed by atoms with van der Waals surface area (Å²) in [4.78, 5) is 16.8. The number of nitrogens with zero attached hydrogens (tertiary/aromatic N) is 2. The van der Waals surface area contributed by atoms with E-state index >= 15 is 0 Å². The molecule has 0 heterocycles. The molecule has 1 atom stereocenters. The van der Waals surface area contributed by atoms with Gasteiger partial charge < -0.3 is 4.90 Å². The maximum absolute atomic E-state index is 12.7. The average Bonchev–Trinajstić information content (AvgIpc) is 2.39. The van der Waals surface area contributed by atoms with Gasteiger partial charge in [-0.15, -0.1) is 0 Å². The van der Waals surface area contributed by atoms with Crippen molar-refractivity contribution in [3.63, 3.8) is 0 Å². The summed E-state index contributed by atoms with van der Waals surface area (Å²) in [6, 6.07) is 8.69. The fourth-order valence-corrected chi connectivity index (χ4v) is 2.70. The van der Waals surface area contributed by atoms with Crippen LogP contribution in [0.5, 0.6) is 0 Å². The molecular formula is C18H30N2O. The number of amides is 1. The monoisotopic (exact) mass is 290 g/mol. The lowest BCUT2D eigenvalue weighted by Crippen LogP contribution is -2.50. The van der Waals surface area contributed by atoms with Gasteiger partial charge in [-0.3, -0.25) is 9.69 Å². The van der Waals surface area contributed by atoms with Gasteiger partial charge in [0.05, 0.1) is 6.04 Å². The van der Waals surface area contributed by atoms with E-state index in [9.17, 15) is 4.79 Å². The molecule has 0 radical (unpaired) electrons. The Kier molecular flexibility index (Phi) is 6.41. The molecule has 0 aromatic heterocycles. The molecule has 0 N–H and O–H groups in total. The van der Waals surface area contributed by atoms with Crippen LogP contribution < -0.4 is 0 Å². The van der Waals surface area contributed by atoms with Crippen molar-refractivity contribution in [2.75, 3.05) is 7.05 Å². The Bertz CT molecular complexity index is 460. The molecule has 21 heavy (non-hydrogen) atoms. The minimum absolute atomic E-state index is 0.116. The maximum Gasteiger partial charge on any atom is 0.240 e. The Morgan fingerprint density at radius 2 is 1.57 bits per heavy atom. The molecule has 0 aliphatic carbocycles. The molecule has 0 saturated carbocycles. The van der Waals surface area contributed by atoms with E-state index in [1.54, 1.807) is 0 Å². The Labute approximate surface area is 129 Å². The van der Waals surface area contributed by atoms with Gasteiger partial charge in [-0.1, -0.05) is 24.3 Å². The molecule has 1 amide bonds. The van der Waals surface area contributed by atoms with Crippen LogP contribution in [0, 0.1) is 6.92 Å². The zero-order valence-electron chi connectivity index (χ0n) is 14.6. The molecule has 3 nitrogen and oxygen atoms in total. The Hall–Kier alpha value is -1.35. The van der Waals surface area contributed by atoms with Gasteiger partial charge in [-0.25, -0.2) is 0 Å². The predicted molar refractivity (Wildman–Crippen MR) is 89.2 cm³/mol. The van der Waals surface area contributed by atoms with E-state index in [0.29, 0.717) is 0 Å². The molecule has 0 bridgehead atoms. The van der Waals surface area contributed by atoms with Crippen molar-refractivity contribution >= 4 is 5.91 Å². The molecule has 0 fully saturated rings. The molecule has 3 heteroatoms. The SMILES string of the molecule is Cc1ccccc1CN(C)[C@H](C)C(=O)N(C(C)C)C(C)C. The van der Waals surface area contributed by atoms with Crippen LogP contribution in [0.1, 0.15) is 45.7 Å². The molecule has 0 spiro atoms. The summed E-state index contributed by atoms with van der Waals surface area (Å²) in [5, 5.41) is 0. The van der Waals surface area contributed by atoms with Crippen molar-refractivity contribution in [2.45, 2.75) is 66.2 Å². The van der Waals surface area contributed by atoms with E-state index in [4.69, 9.17) is 0 Å². The first kappa shape index (κ1) is 17.7. The molecule has 1 aromatic rings. The van der Waals surface area contributed by atoms with Crippen LogP contribution in [0.25, 0.3) is 0 Å². The number of hydrogen-bond acceptors (Lipinski definition) is 2. The van der Waals surface area contributed by atoms with E-state index < -0.39 is 0 Å². The van der Waals surface area contributed by atoms with Crippen LogP contribution in [0.15, 0.2) is 24.3 Å². The van der Waals surface area contributed by atoms with Crippen LogP contribution in [-0.4, -0.2) is 40.9 Å². The smallest absolute Gasteiger partial charge is 0.240 e. The Balaban J connectivity index is 2.80. The van der Waals surface area contributed by atoms with Gasteiger partial charge in [-0.05, 0) is 59.7 Å². The van der Waals surface area contributed by atoms with Gasteiger partial charge in [0.1, 0.15) is 0 Å². The van der Waals surface area contributed by atoms with E-state index in [-0.39, 0.29) is 24.0 Å². The minimum Gasteiger partial charge on any atom is -0.336 e. The molecule has 0 unspecified atom stereocenters. The summed E-state index contributed by atoms with van der Waals surface area (Å²) in [6.45, 7) is 13.2. The minimum atomic E-state index is -0.116. The third-order valence-corrected chi connectivity index (χ3v) is 4.07. The summed E-state index contributed by atoms with van der Waals surface area (Å²) in [5.74, 6) is 0.205. The van der Waals surface area contributed by atoms with E-state index in [0.717, 1.165) is 6.54 Å². The van der Waals surface area contributed by atoms with Crippen molar-refractivity contribution in [3.05, 3.63) is 35.4 Å². The highest BCUT2D eigenvalue weighted by molar-refractivity contribution is 5.82. The second-order valence-electron chi connectivity index (χ2n) is 6.45. The van der Waals surface area contributed by atoms with Gasteiger partial charge in [0.25, 0.3) is 0 Å². The lowest BCUT2D eigenvalue weighted by Gasteiger charge is -2.36. The molecule has 0 aliphatic heterocycles. The summed E-state index contributed by atoms with van der Waals surface area (Å²) < 4.78 is 0. The number of carbonyl (C=O) groups excluding carboxylic acids is 1.